The first-order valence-corrected chi connectivity index (χ1v) is 3.59. The van der Waals surface area contributed by atoms with E-state index in [0.29, 0.717) is 17.1 Å². The third-order valence-electron chi connectivity index (χ3n) is 1.81. The van der Waals surface area contributed by atoms with Crippen LogP contribution in [0.5, 0.6) is 0 Å². The van der Waals surface area contributed by atoms with Gasteiger partial charge in [0.1, 0.15) is 12.0 Å². The smallest absolute Gasteiger partial charge is 0.134 e. The molecule has 2 heterocycles. The van der Waals surface area contributed by atoms with Gasteiger partial charge in [0.15, 0.2) is 0 Å². The van der Waals surface area contributed by atoms with Crippen LogP contribution < -0.4 is 16.4 Å². The summed E-state index contributed by atoms with van der Waals surface area (Å²) in [6.07, 6.45) is 4.81. The Morgan fingerprint density at radius 3 is 3.08 bits per heavy atom. The number of fused-ring (bicyclic) bond motifs is 1. The summed E-state index contributed by atoms with van der Waals surface area (Å²) in [5, 5.41) is 13.5. The third-order valence-corrected chi connectivity index (χ3v) is 1.81. The summed E-state index contributed by atoms with van der Waals surface area (Å²) in [4.78, 5) is 3.87. The van der Waals surface area contributed by atoms with Gasteiger partial charge in [-0.2, -0.15) is 0 Å². The molecule has 5 N–H and O–H groups in total. The van der Waals surface area contributed by atoms with E-state index in [9.17, 15) is 0 Å². The van der Waals surface area contributed by atoms with E-state index >= 15 is 0 Å². The van der Waals surface area contributed by atoms with Gasteiger partial charge in [-0.05, 0) is 6.08 Å². The highest BCUT2D eigenvalue weighted by Gasteiger charge is 2.23. The maximum Gasteiger partial charge on any atom is 0.134 e. The van der Waals surface area contributed by atoms with Crippen molar-refractivity contribution >= 4 is 12.1 Å². The molecule has 1 unspecified atom stereocenters. The molecule has 0 radical (unpaired) electrons. The summed E-state index contributed by atoms with van der Waals surface area (Å²) in [6.45, 7) is 0. The van der Waals surface area contributed by atoms with Crippen molar-refractivity contribution in [1.82, 2.24) is 10.6 Å². The van der Waals surface area contributed by atoms with E-state index in [1.807, 2.05) is 0 Å². The summed E-state index contributed by atoms with van der Waals surface area (Å²) in [6, 6.07) is 0. The average Bonchev–Trinajstić information content (AvgIpc) is 2.04. The lowest BCUT2D eigenvalue weighted by Crippen LogP contribution is -2.47. The Bertz CT molecular complexity index is 312. The van der Waals surface area contributed by atoms with E-state index in [2.05, 4.69) is 15.6 Å². The van der Waals surface area contributed by atoms with Gasteiger partial charge in [0.2, 0.25) is 0 Å². The second-order valence-corrected chi connectivity index (χ2v) is 2.57. The van der Waals surface area contributed by atoms with Crippen LogP contribution in [-0.4, -0.2) is 18.2 Å². The Kier molecular flexibility index (Phi) is 1.36. The van der Waals surface area contributed by atoms with Crippen molar-refractivity contribution in [1.29, 1.82) is 5.41 Å². The second kappa shape index (κ2) is 2.37. The van der Waals surface area contributed by atoms with E-state index < -0.39 is 0 Å². The first-order chi connectivity index (χ1) is 5.79. The lowest BCUT2D eigenvalue weighted by atomic mass is 10.0. The van der Waals surface area contributed by atoms with Gasteiger partial charge in [-0.1, -0.05) is 0 Å². The van der Waals surface area contributed by atoms with E-state index in [1.54, 1.807) is 12.3 Å². The number of nitrogens with zero attached hydrogens (tertiary/aromatic N) is 1. The minimum atomic E-state index is -0.0972. The highest BCUT2D eigenvalue weighted by molar-refractivity contribution is 6.08. The zero-order chi connectivity index (χ0) is 8.55. The topological polar surface area (TPSA) is 86.3 Å². The Hall–Kier alpha value is -1.78. The minimum absolute atomic E-state index is 0.0972. The van der Waals surface area contributed by atoms with Crippen LogP contribution in [0.4, 0.5) is 0 Å². The highest BCUT2D eigenvalue weighted by Crippen LogP contribution is 2.13. The van der Waals surface area contributed by atoms with Crippen LogP contribution >= 0.6 is 0 Å². The van der Waals surface area contributed by atoms with Crippen molar-refractivity contribution in [2.75, 3.05) is 0 Å². The molecule has 0 fully saturated rings. The molecule has 2 rings (SSSR count). The van der Waals surface area contributed by atoms with E-state index in [1.165, 1.54) is 6.34 Å². The average molecular weight is 163 g/mol. The van der Waals surface area contributed by atoms with Crippen LogP contribution in [0, 0.1) is 5.41 Å². The molecule has 0 spiro atoms. The van der Waals surface area contributed by atoms with Gasteiger partial charge in [-0.3, -0.25) is 0 Å². The molecule has 0 saturated carbocycles. The highest BCUT2D eigenvalue weighted by atomic mass is 15.2. The summed E-state index contributed by atoms with van der Waals surface area (Å²) >= 11 is 0. The Labute approximate surface area is 69.6 Å². The molecular weight excluding hydrogens is 154 g/mol. The van der Waals surface area contributed by atoms with Crippen LogP contribution in [0.1, 0.15) is 0 Å². The molecule has 12 heavy (non-hydrogen) atoms. The maximum absolute atomic E-state index is 7.57. The number of rotatable bonds is 0. The van der Waals surface area contributed by atoms with Crippen molar-refractivity contribution in [3.05, 3.63) is 23.7 Å². The molecule has 0 aromatic rings. The Morgan fingerprint density at radius 1 is 1.50 bits per heavy atom. The van der Waals surface area contributed by atoms with Gasteiger partial charge < -0.3 is 21.8 Å². The third kappa shape index (κ3) is 0.868. The molecule has 62 valence electrons. The number of aliphatic imine (C=N–C) groups is 1. The molecule has 5 nitrogen and oxygen atoms in total. The standard InChI is InChI=1S/C7H9N5/c8-4-1-2-10-7-5(4)6(9)11-3-12-7/h1-3,7-8,10H,9H2,(H,11,12). The second-order valence-electron chi connectivity index (χ2n) is 2.57. The number of allylic oxidation sites excluding steroid dienone is 1. The molecule has 1 atom stereocenters. The van der Waals surface area contributed by atoms with Gasteiger partial charge in [0.25, 0.3) is 0 Å². The molecule has 5 heteroatoms. The van der Waals surface area contributed by atoms with Crippen LogP contribution in [0.3, 0.4) is 0 Å². The van der Waals surface area contributed by atoms with Gasteiger partial charge in [0, 0.05) is 6.20 Å². The van der Waals surface area contributed by atoms with Gasteiger partial charge in [-0.25, -0.2) is 4.99 Å². The van der Waals surface area contributed by atoms with Crippen LogP contribution in [0.25, 0.3) is 0 Å². The molecule has 0 amide bonds. The molecule has 2 aliphatic heterocycles. The van der Waals surface area contributed by atoms with E-state index in [-0.39, 0.29) is 6.17 Å². The zero-order valence-electron chi connectivity index (χ0n) is 6.33. The summed E-state index contributed by atoms with van der Waals surface area (Å²) in [5.74, 6) is 0.403. The molecule has 0 aliphatic carbocycles. The molecule has 0 aromatic carbocycles. The molecular formula is C7H9N5. The monoisotopic (exact) mass is 163 g/mol. The van der Waals surface area contributed by atoms with Gasteiger partial charge in [0.05, 0.1) is 17.6 Å². The lowest BCUT2D eigenvalue weighted by molar-refractivity contribution is 0.629. The Morgan fingerprint density at radius 2 is 2.33 bits per heavy atom. The lowest BCUT2D eigenvalue weighted by Gasteiger charge is -2.27. The fraction of sp³-hybridized carbons (Fsp3) is 0.143. The molecule has 0 bridgehead atoms. The van der Waals surface area contributed by atoms with Crippen molar-refractivity contribution < 1.29 is 0 Å². The number of hydrogen-bond donors (Lipinski definition) is 4. The SMILES string of the molecule is N=C1C=CNC2NC=NC(N)=C12. The predicted molar refractivity (Wildman–Crippen MR) is 46.6 cm³/mol. The van der Waals surface area contributed by atoms with Crippen LogP contribution in [-0.2, 0) is 0 Å². The molecule has 0 aromatic heterocycles. The van der Waals surface area contributed by atoms with Crippen molar-refractivity contribution in [3.63, 3.8) is 0 Å². The van der Waals surface area contributed by atoms with Gasteiger partial charge >= 0.3 is 0 Å². The summed E-state index contributed by atoms with van der Waals surface area (Å²) in [5.41, 5.74) is 6.72. The van der Waals surface area contributed by atoms with Crippen LogP contribution in [0.2, 0.25) is 0 Å². The van der Waals surface area contributed by atoms with Crippen molar-refractivity contribution in [3.8, 4) is 0 Å². The zero-order valence-corrected chi connectivity index (χ0v) is 6.33. The normalized spacial score (nSPS) is 26.3. The minimum Gasteiger partial charge on any atom is -0.383 e. The summed E-state index contributed by atoms with van der Waals surface area (Å²) < 4.78 is 0. The molecule has 0 saturated heterocycles. The van der Waals surface area contributed by atoms with Crippen molar-refractivity contribution in [2.24, 2.45) is 10.7 Å². The number of nitrogens with one attached hydrogen (secondary N) is 3. The fourth-order valence-corrected chi connectivity index (χ4v) is 1.22. The van der Waals surface area contributed by atoms with Crippen molar-refractivity contribution in [2.45, 2.75) is 6.17 Å². The largest absolute Gasteiger partial charge is 0.383 e. The molecule has 2 aliphatic rings. The Balaban J connectivity index is 2.46. The number of hydrogen-bond acceptors (Lipinski definition) is 5. The van der Waals surface area contributed by atoms with E-state index in [0.717, 1.165) is 0 Å². The van der Waals surface area contributed by atoms with E-state index in [4.69, 9.17) is 11.1 Å². The first-order valence-electron chi connectivity index (χ1n) is 3.59. The fourth-order valence-electron chi connectivity index (χ4n) is 1.22. The maximum atomic E-state index is 7.57. The quantitative estimate of drug-likeness (QED) is 0.379. The van der Waals surface area contributed by atoms with Gasteiger partial charge in [-0.15, -0.1) is 0 Å². The predicted octanol–water partition coefficient (Wildman–Crippen LogP) is -0.749. The first kappa shape index (κ1) is 6.90. The van der Waals surface area contributed by atoms with Crippen LogP contribution in [0.15, 0.2) is 28.7 Å². The number of nitrogens with two attached hydrogens (primary N) is 1. The summed E-state index contributed by atoms with van der Waals surface area (Å²) in [7, 11) is 0.